The highest BCUT2D eigenvalue weighted by molar-refractivity contribution is 5.25. The average molecular weight is 178 g/mol. The summed E-state index contributed by atoms with van der Waals surface area (Å²) in [7, 11) is 0. The molecule has 0 saturated carbocycles. The molecule has 0 aliphatic carbocycles. The van der Waals surface area contributed by atoms with Crippen molar-refractivity contribution < 1.29 is 4.39 Å². The second-order valence-corrected chi connectivity index (χ2v) is 3.51. The molecular formula is C12H15F. The number of allylic oxidation sites excluding steroid dienone is 1. The molecule has 0 aliphatic heterocycles. The maximum absolute atomic E-state index is 13.4. The topological polar surface area (TPSA) is 0 Å². The highest BCUT2D eigenvalue weighted by atomic mass is 19.1. The van der Waals surface area contributed by atoms with Crippen LogP contribution in [0.25, 0.3) is 0 Å². The second kappa shape index (κ2) is 4.22. The van der Waals surface area contributed by atoms with Gasteiger partial charge in [0.1, 0.15) is 5.82 Å². The molecule has 13 heavy (non-hydrogen) atoms. The van der Waals surface area contributed by atoms with E-state index < -0.39 is 0 Å². The first-order valence-electron chi connectivity index (χ1n) is 4.49. The molecule has 0 atom stereocenters. The first-order valence-corrected chi connectivity index (χ1v) is 4.49. The lowest BCUT2D eigenvalue weighted by Crippen LogP contribution is -1.93. The van der Waals surface area contributed by atoms with Gasteiger partial charge in [0, 0.05) is 0 Å². The molecule has 0 radical (unpaired) electrons. The summed E-state index contributed by atoms with van der Waals surface area (Å²) in [4.78, 5) is 0. The summed E-state index contributed by atoms with van der Waals surface area (Å²) >= 11 is 0. The van der Waals surface area contributed by atoms with Gasteiger partial charge < -0.3 is 0 Å². The largest absolute Gasteiger partial charge is 0.206 e. The first kappa shape index (κ1) is 9.97. The van der Waals surface area contributed by atoms with Gasteiger partial charge >= 0.3 is 0 Å². The lowest BCUT2D eigenvalue weighted by atomic mass is 10.0. The molecule has 1 rings (SSSR count). The smallest absolute Gasteiger partial charge is 0.129 e. The summed E-state index contributed by atoms with van der Waals surface area (Å²) in [6, 6.07) is 5.52. The summed E-state index contributed by atoms with van der Waals surface area (Å²) < 4.78 is 13.4. The van der Waals surface area contributed by atoms with Gasteiger partial charge in [0.25, 0.3) is 0 Å². The van der Waals surface area contributed by atoms with Gasteiger partial charge in [0.05, 0.1) is 0 Å². The molecule has 0 fully saturated rings. The van der Waals surface area contributed by atoms with Crippen molar-refractivity contribution in [2.24, 2.45) is 0 Å². The van der Waals surface area contributed by atoms with E-state index in [4.69, 9.17) is 0 Å². The molecule has 0 amide bonds. The standard InChI is InChI=1S/C12H15F/c1-9(2)7-8-11-6-4-5-10(3)12(11)13/h4-6H,1,7-8H2,2-3H3. The Hall–Kier alpha value is -1.11. The van der Waals surface area contributed by atoms with Crippen LogP contribution in [0.5, 0.6) is 0 Å². The number of halogens is 1. The van der Waals surface area contributed by atoms with Gasteiger partial charge in [-0.1, -0.05) is 23.8 Å². The molecule has 0 saturated heterocycles. The van der Waals surface area contributed by atoms with Crippen molar-refractivity contribution in [3.05, 3.63) is 47.3 Å². The third-order valence-corrected chi connectivity index (χ3v) is 2.09. The lowest BCUT2D eigenvalue weighted by Gasteiger charge is -2.04. The van der Waals surface area contributed by atoms with Crippen LogP contribution in [0.2, 0.25) is 0 Å². The summed E-state index contributed by atoms with van der Waals surface area (Å²) in [5.74, 6) is -0.0660. The van der Waals surface area contributed by atoms with Gasteiger partial charge in [-0.3, -0.25) is 0 Å². The van der Waals surface area contributed by atoms with E-state index in [2.05, 4.69) is 6.58 Å². The molecule has 0 aromatic heterocycles. The molecule has 1 aromatic carbocycles. The van der Waals surface area contributed by atoms with Gasteiger partial charge in [-0.05, 0) is 37.8 Å². The van der Waals surface area contributed by atoms with Crippen LogP contribution < -0.4 is 0 Å². The normalized spacial score (nSPS) is 10.1. The number of aryl methyl sites for hydroxylation is 2. The van der Waals surface area contributed by atoms with E-state index in [9.17, 15) is 4.39 Å². The van der Waals surface area contributed by atoms with E-state index >= 15 is 0 Å². The average Bonchev–Trinajstić information content (AvgIpc) is 2.07. The van der Waals surface area contributed by atoms with Crippen molar-refractivity contribution in [2.45, 2.75) is 26.7 Å². The fourth-order valence-electron chi connectivity index (χ4n) is 1.25. The summed E-state index contributed by atoms with van der Waals surface area (Å²) in [6.07, 6.45) is 1.61. The van der Waals surface area contributed by atoms with Gasteiger partial charge in [0.2, 0.25) is 0 Å². The van der Waals surface area contributed by atoms with Gasteiger partial charge in [0.15, 0.2) is 0 Å². The number of hydrogen-bond donors (Lipinski definition) is 0. The molecule has 0 unspecified atom stereocenters. The minimum absolute atomic E-state index is 0.0660. The Kier molecular flexibility index (Phi) is 3.24. The SMILES string of the molecule is C=C(C)CCc1cccc(C)c1F. The van der Waals surface area contributed by atoms with Crippen LogP contribution in [0.4, 0.5) is 4.39 Å². The van der Waals surface area contributed by atoms with E-state index in [1.54, 1.807) is 13.0 Å². The number of benzene rings is 1. The third-order valence-electron chi connectivity index (χ3n) is 2.09. The minimum Gasteiger partial charge on any atom is -0.206 e. The van der Waals surface area contributed by atoms with Gasteiger partial charge in [-0.2, -0.15) is 0 Å². The maximum Gasteiger partial charge on any atom is 0.129 e. The van der Waals surface area contributed by atoms with Crippen LogP contribution >= 0.6 is 0 Å². The highest BCUT2D eigenvalue weighted by Gasteiger charge is 2.03. The monoisotopic (exact) mass is 178 g/mol. The van der Waals surface area contributed by atoms with Crippen molar-refractivity contribution in [3.8, 4) is 0 Å². The molecule has 0 spiro atoms. The first-order chi connectivity index (χ1) is 6.11. The molecule has 0 bridgehead atoms. The van der Waals surface area contributed by atoms with E-state index in [0.29, 0.717) is 0 Å². The fourth-order valence-corrected chi connectivity index (χ4v) is 1.25. The molecule has 1 heteroatoms. The van der Waals surface area contributed by atoms with Crippen molar-refractivity contribution >= 4 is 0 Å². The second-order valence-electron chi connectivity index (χ2n) is 3.51. The van der Waals surface area contributed by atoms with Crippen molar-refractivity contribution in [2.75, 3.05) is 0 Å². The Labute approximate surface area is 79.1 Å². The molecule has 0 heterocycles. The molecular weight excluding hydrogens is 163 g/mol. The Morgan fingerprint density at radius 1 is 1.46 bits per heavy atom. The van der Waals surface area contributed by atoms with Gasteiger partial charge in [-0.15, -0.1) is 6.58 Å². The summed E-state index contributed by atoms with van der Waals surface area (Å²) in [5, 5.41) is 0. The van der Waals surface area contributed by atoms with Crippen LogP contribution in [-0.4, -0.2) is 0 Å². The van der Waals surface area contributed by atoms with Crippen molar-refractivity contribution in [1.82, 2.24) is 0 Å². The minimum atomic E-state index is -0.0660. The zero-order valence-corrected chi connectivity index (χ0v) is 8.23. The summed E-state index contributed by atoms with van der Waals surface area (Å²) in [6.45, 7) is 7.56. The Morgan fingerprint density at radius 3 is 2.77 bits per heavy atom. The van der Waals surface area contributed by atoms with Crippen LogP contribution in [0, 0.1) is 12.7 Å². The van der Waals surface area contributed by atoms with Crippen molar-refractivity contribution in [1.29, 1.82) is 0 Å². The number of hydrogen-bond acceptors (Lipinski definition) is 0. The zero-order chi connectivity index (χ0) is 9.84. The molecule has 0 N–H and O–H groups in total. The predicted molar refractivity (Wildman–Crippen MR) is 54.3 cm³/mol. The van der Waals surface area contributed by atoms with E-state index in [1.165, 1.54) is 0 Å². The Balaban J connectivity index is 2.77. The zero-order valence-electron chi connectivity index (χ0n) is 8.23. The van der Waals surface area contributed by atoms with Crippen LogP contribution in [0.15, 0.2) is 30.4 Å². The summed E-state index contributed by atoms with van der Waals surface area (Å²) in [5.41, 5.74) is 2.61. The van der Waals surface area contributed by atoms with E-state index in [1.807, 2.05) is 19.1 Å². The molecule has 70 valence electrons. The van der Waals surface area contributed by atoms with E-state index in [-0.39, 0.29) is 5.82 Å². The lowest BCUT2D eigenvalue weighted by molar-refractivity contribution is 0.599. The molecule has 0 nitrogen and oxygen atoms in total. The molecule has 0 aliphatic rings. The number of rotatable bonds is 3. The molecule has 1 aromatic rings. The van der Waals surface area contributed by atoms with Crippen molar-refractivity contribution in [3.63, 3.8) is 0 Å². The van der Waals surface area contributed by atoms with Gasteiger partial charge in [-0.25, -0.2) is 4.39 Å². The van der Waals surface area contributed by atoms with Crippen LogP contribution in [0.1, 0.15) is 24.5 Å². The van der Waals surface area contributed by atoms with Crippen LogP contribution in [0.3, 0.4) is 0 Å². The predicted octanol–water partition coefficient (Wildman–Crippen LogP) is 3.64. The van der Waals surface area contributed by atoms with Crippen LogP contribution in [-0.2, 0) is 6.42 Å². The highest BCUT2D eigenvalue weighted by Crippen LogP contribution is 2.15. The Morgan fingerprint density at radius 2 is 2.15 bits per heavy atom. The third kappa shape index (κ3) is 2.69. The fraction of sp³-hybridized carbons (Fsp3) is 0.333. The quantitative estimate of drug-likeness (QED) is 0.620. The maximum atomic E-state index is 13.4. The van der Waals surface area contributed by atoms with E-state index in [0.717, 1.165) is 29.5 Å². The Bertz CT molecular complexity index is 313.